The zero-order valence-corrected chi connectivity index (χ0v) is 15.4. The summed E-state index contributed by atoms with van der Waals surface area (Å²) in [5, 5.41) is 2.85. The van der Waals surface area contributed by atoms with E-state index >= 15 is 0 Å². The quantitative estimate of drug-likeness (QED) is 0.677. The zero-order valence-electron chi connectivity index (χ0n) is 15.4. The van der Waals surface area contributed by atoms with E-state index in [0.717, 1.165) is 22.6 Å². The highest BCUT2D eigenvalue weighted by Gasteiger charge is 2.11. The third-order valence-corrected chi connectivity index (χ3v) is 4.01. The van der Waals surface area contributed by atoms with Crippen LogP contribution >= 0.6 is 0 Å². The molecule has 2 aromatic carbocycles. The molecule has 0 unspecified atom stereocenters. The van der Waals surface area contributed by atoms with E-state index in [0.29, 0.717) is 31.9 Å². The topological polar surface area (TPSA) is 99.9 Å². The summed E-state index contributed by atoms with van der Waals surface area (Å²) in [7, 11) is 0. The summed E-state index contributed by atoms with van der Waals surface area (Å²) in [6, 6.07) is 12.8. The molecular weight excluding hydrogens is 360 g/mol. The molecule has 0 bridgehead atoms. The summed E-state index contributed by atoms with van der Waals surface area (Å²) in [4.78, 5) is 22.7. The van der Waals surface area contributed by atoms with E-state index in [9.17, 15) is 9.59 Å². The molecule has 3 rings (SSSR count). The van der Waals surface area contributed by atoms with Gasteiger partial charge in [-0.05, 0) is 47.9 Å². The van der Waals surface area contributed by atoms with Crippen LogP contribution in [0.3, 0.4) is 0 Å². The number of nitrogens with two attached hydrogens (primary N) is 1. The molecule has 1 heterocycles. The van der Waals surface area contributed by atoms with Crippen LogP contribution in [0.5, 0.6) is 17.2 Å². The van der Waals surface area contributed by atoms with E-state index < -0.39 is 5.91 Å². The highest BCUT2D eigenvalue weighted by atomic mass is 16.6. The Morgan fingerprint density at radius 2 is 1.82 bits per heavy atom. The summed E-state index contributed by atoms with van der Waals surface area (Å²) in [5.41, 5.74) is 6.94. The largest absolute Gasteiger partial charge is 0.486 e. The van der Waals surface area contributed by atoms with E-state index in [-0.39, 0.29) is 12.5 Å². The van der Waals surface area contributed by atoms with Gasteiger partial charge < -0.3 is 25.3 Å². The van der Waals surface area contributed by atoms with E-state index in [4.69, 9.17) is 19.9 Å². The van der Waals surface area contributed by atoms with Crippen LogP contribution in [-0.4, -0.2) is 38.2 Å². The standard InChI is InChI=1S/C21H22N2O5/c22-20(24)14-28-17-5-1-15(2-6-17)4-8-21(25)23-10-9-16-3-7-18-19(13-16)27-12-11-26-18/h1-8,13H,9-12,14H2,(H2,22,24)(H,23,25)/b8-4+. The summed E-state index contributed by atoms with van der Waals surface area (Å²) < 4.78 is 16.2. The number of amides is 2. The Hall–Kier alpha value is -3.48. The first kappa shape index (κ1) is 19.3. The van der Waals surface area contributed by atoms with Crippen LogP contribution < -0.4 is 25.3 Å². The number of primary amides is 1. The van der Waals surface area contributed by atoms with E-state index in [1.165, 1.54) is 6.08 Å². The summed E-state index contributed by atoms with van der Waals surface area (Å²) >= 11 is 0. The lowest BCUT2D eigenvalue weighted by atomic mass is 10.1. The van der Waals surface area contributed by atoms with Gasteiger partial charge in [-0.15, -0.1) is 0 Å². The minimum absolute atomic E-state index is 0.166. The third-order valence-electron chi connectivity index (χ3n) is 4.01. The van der Waals surface area contributed by atoms with Gasteiger partial charge in [0.2, 0.25) is 5.91 Å². The molecule has 146 valence electrons. The van der Waals surface area contributed by atoms with Gasteiger partial charge in [0.25, 0.3) is 5.91 Å². The van der Waals surface area contributed by atoms with Gasteiger partial charge in [0.1, 0.15) is 19.0 Å². The molecule has 3 N–H and O–H groups in total. The van der Waals surface area contributed by atoms with Gasteiger partial charge in [-0.2, -0.15) is 0 Å². The molecule has 0 aliphatic carbocycles. The Morgan fingerprint density at radius 1 is 1.07 bits per heavy atom. The van der Waals surface area contributed by atoms with Crippen molar-refractivity contribution in [1.82, 2.24) is 5.32 Å². The summed E-state index contributed by atoms with van der Waals surface area (Å²) in [6.07, 6.45) is 3.88. The molecule has 1 aliphatic rings. The SMILES string of the molecule is NC(=O)COc1ccc(/C=C/C(=O)NCCc2ccc3c(c2)OCCO3)cc1. The number of hydrogen-bond acceptors (Lipinski definition) is 5. The fourth-order valence-electron chi connectivity index (χ4n) is 2.63. The Bertz CT molecular complexity index is 862. The number of hydrogen-bond donors (Lipinski definition) is 2. The molecule has 0 saturated heterocycles. The summed E-state index contributed by atoms with van der Waals surface area (Å²) in [5.74, 6) is 1.34. The molecule has 0 spiro atoms. The molecule has 0 radical (unpaired) electrons. The van der Waals surface area contributed by atoms with Crippen molar-refractivity contribution in [2.24, 2.45) is 5.73 Å². The normalized spacial score (nSPS) is 12.6. The smallest absolute Gasteiger partial charge is 0.255 e. The molecule has 7 heteroatoms. The van der Waals surface area contributed by atoms with Crippen molar-refractivity contribution in [3.63, 3.8) is 0 Å². The van der Waals surface area contributed by atoms with Gasteiger partial charge in [0.05, 0.1) is 0 Å². The molecule has 7 nitrogen and oxygen atoms in total. The number of carbonyl (C=O) groups excluding carboxylic acids is 2. The van der Waals surface area contributed by atoms with Crippen LogP contribution in [0.2, 0.25) is 0 Å². The van der Waals surface area contributed by atoms with Gasteiger partial charge in [0.15, 0.2) is 18.1 Å². The van der Waals surface area contributed by atoms with Crippen LogP contribution in [0.1, 0.15) is 11.1 Å². The predicted molar refractivity (Wildman–Crippen MR) is 104 cm³/mol. The minimum Gasteiger partial charge on any atom is -0.486 e. The molecule has 1 aliphatic heterocycles. The lowest BCUT2D eigenvalue weighted by Gasteiger charge is -2.18. The van der Waals surface area contributed by atoms with Gasteiger partial charge >= 0.3 is 0 Å². The Kier molecular flexibility index (Phi) is 6.51. The van der Waals surface area contributed by atoms with Crippen molar-refractivity contribution in [3.05, 3.63) is 59.7 Å². The van der Waals surface area contributed by atoms with Gasteiger partial charge in [-0.25, -0.2) is 0 Å². The number of benzene rings is 2. The van der Waals surface area contributed by atoms with E-state index in [1.807, 2.05) is 18.2 Å². The molecule has 2 aromatic rings. The molecular formula is C21H22N2O5. The average Bonchev–Trinajstić information content (AvgIpc) is 2.71. The molecule has 0 atom stereocenters. The lowest BCUT2D eigenvalue weighted by Crippen LogP contribution is -2.23. The maximum Gasteiger partial charge on any atom is 0.255 e. The second kappa shape index (κ2) is 9.45. The Labute approximate surface area is 163 Å². The number of fused-ring (bicyclic) bond motifs is 1. The molecule has 28 heavy (non-hydrogen) atoms. The predicted octanol–water partition coefficient (Wildman–Crippen LogP) is 1.69. The monoisotopic (exact) mass is 382 g/mol. The first-order valence-corrected chi connectivity index (χ1v) is 8.96. The van der Waals surface area contributed by atoms with Crippen LogP contribution in [0.15, 0.2) is 48.5 Å². The van der Waals surface area contributed by atoms with Crippen molar-refractivity contribution < 1.29 is 23.8 Å². The van der Waals surface area contributed by atoms with Gasteiger partial charge in [-0.1, -0.05) is 18.2 Å². The maximum atomic E-state index is 12.0. The van der Waals surface area contributed by atoms with E-state index in [2.05, 4.69) is 5.32 Å². The fourth-order valence-corrected chi connectivity index (χ4v) is 2.63. The fraction of sp³-hybridized carbons (Fsp3) is 0.238. The van der Waals surface area contributed by atoms with Crippen molar-refractivity contribution in [2.45, 2.75) is 6.42 Å². The van der Waals surface area contributed by atoms with Crippen LogP contribution in [0.4, 0.5) is 0 Å². The first-order chi connectivity index (χ1) is 13.6. The van der Waals surface area contributed by atoms with Crippen molar-refractivity contribution >= 4 is 17.9 Å². The molecule has 0 aromatic heterocycles. The van der Waals surface area contributed by atoms with Crippen LogP contribution in [0.25, 0.3) is 6.08 Å². The van der Waals surface area contributed by atoms with Gasteiger partial charge in [0, 0.05) is 12.6 Å². The van der Waals surface area contributed by atoms with Crippen molar-refractivity contribution in [1.29, 1.82) is 0 Å². The second-order valence-electron chi connectivity index (χ2n) is 6.18. The number of carbonyl (C=O) groups is 2. The molecule has 2 amide bonds. The maximum absolute atomic E-state index is 12.0. The first-order valence-electron chi connectivity index (χ1n) is 8.96. The number of rotatable bonds is 8. The highest BCUT2D eigenvalue weighted by Crippen LogP contribution is 2.30. The van der Waals surface area contributed by atoms with Gasteiger partial charge in [-0.3, -0.25) is 9.59 Å². The van der Waals surface area contributed by atoms with Crippen LogP contribution in [0, 0.1) is 0 Å². The molecule has 0 fully saturated rings. The zero-order chi connectivity index (χ0) is 19.8. The van der Waals surface area contributed by atoms with Crippen molar-refractivity contribution in [2.75, 3.05) is 26.4 Å². The van der Waals surface area contributed by atoms with E-state index in [1.54, 1.807) is 30.3 Å². The lowest BCUT2D eigenvalue weighted by molar-refractivity contribution is -0.120. The highest BCUT2D eigenvalue weighted by molar-refractivity contribution is 5.91. The Morgan fingerprint density at radius 3 is 2.57 bits per heavy atom. The minimum atomic E-state index is -0.531. The number of nitrogens with one attached hydrogen (secondary N) is 1. The Balaban J connectivity index is 1.43. The molecule has 0 saturated carbocycles. The van der Waals surface area contributed by atoms with Crippen molar-refractivity contribution in [3.8, 4) is 17.2 Å². The second-order valence-corrected chi connectivity index (χ2v) is 6.18. The van der Waals surface area contributed by atoms with Crippen LogP contribution in [-0.2, 0) is 16.0 Å². The summed E-state index contributed by atoms with van der Waals surface area (Å²) in [6.45, 7) is 1.47. The average molecular weight is 382 g/mol. The third kappa shape index (κ3) is 5.77. The number of ether oxygens (including phenoxy) is 3.